The molecule has 0 aliphatic rings. The fourth-order valence-corrected chi connectivity index (χ4v) is 2.06. The van der Waals surface area contributed by atoms with Crippen molar-refractivity contribution in [1.29, 1.82) is 0 Å². The zero-order valence-electron chi connectivity index (χ0n) is 7.39. The van der Waals surface area contributed by atoms with E-state index in [0.717, 1.165) is 0 Å². The zero-order valence-corrected chi connectivity index (χ0v) is 12.8. The van der Waals surface area contributed by atoms with Crippen LogP contribution in [0.25, 0.3) is 0 Å². The van der Waals surface area contributed by atoms with Crippen LogP contribution in [0.15, 0.2) is 34.3 Å². The average molecular weight is 373 g/mol. The fraction of sp³-hybridized carbons (Fsp3) is 0.333. The van der Waals surface area contributed by atoms with Gasteiger partial charge in [-0.2, -0.15) is 0 Å². The maximum Gasteiger partial charge on any atom is 0.133 e. The number of allylic oxidation sites excluding steroid dienone is 4. The number of hydrogen-bond donors (Lipinski definition) is 0. The molecule has 0 aliphatic carbocycles. The number of hydrogen-bond acceptors (Lipinski definition) is 0. The second-order valence-corrected chi connectivity index (χ2v) is 5.33. The van der Waals surface area contributed by atoms with E-state index in [0.29, 0.717) is 5.57 Å². The Morgan fingerprint density at radius 2 is 1.53 bits per heavy atom. The first-order valence-corrected chi connectivity index (χ1v) is 6.94. The van der Waals surface area contributed by atoms with E-state index in [1.54, 1.807) is 23.2 Å². The molecule has 0 aromatic rings. The minimum Gasteiger partial charge on any atom is -0.116 e. The highest BCUT2D eigenvalue weighted by molar-refractivity contribution is 9.11. The molecule has 0 rings (SSSR count). The van der Waals surface area contributed by atoms with Gasteiger partial charge in [-0.1, -0.05) is 45.8 Å². The minimum atomic E-state index is -0.678. The molecular weight excluding hydrogens is 365 g/mol. The molecule has 0 heterocycles. The van der Waals surface area contributed by atoms with Crippen LogP contribution in [0.4, 0.5) is 0 Å². The molecule has 86 valence electrons. The second-order valence-electron chi connectivity index (χ2n) is 2.48. The van der Waals surface area contributed by atoms with Crippen LogP contribution in [-0.4, -0.2) is 15.6 Å². The fourth-order valence-electron chi connectivity index (χ4n) is 0.642. The molecule has 2 atom stereocenters. The van der Waals surface area contributed by atoms with Gasteiger partial charge in [0.2, 0.25) is 0 Å². The van der Waals surface area contributed by atoms with Gasteiger partial charge in [0.1, 0.15) is 4.84 Å². The van der Waals surface area contributed by atoms with Crippen LogP contribution in [0, 0.1) is 0 Å². The first kappa shape index (κ1) is 16.1. The van der Waals surface area contributed by atoms with Gasteiger partial charge in [0, 0.05) is 5.54 Å². The number of halogens is 6. The lowest BCUT2D eigenvalue weighted by atomic mass is 10.2. The molecule has 0 aromatic carbocycles. The summed E-state index contributed by atoms with van der Waals surface area (Å²) in [6.45, 7) is 0. The lowest BCUT2D eigenvalue weighted by molar-refractivity contribution is 1.07. The van der Waals surface area contributed by atoms with Crippen molar-refractivity contribution in [3.8, 4) is 0 Å². The molecule has 6 heteroatoms. The molecule has 0 saturated heterocycles. The lowest BCUT2D eigenvalue weighted by Crippen LogP contribution is -2.08. The van der Waals surface area contributed by atoms with Gasteiger partial charge in [0.05, 0.1) is 10.8 Å². The normalized spacial score (nSPS) is 17.9. The van der Waals surface area contributed by atoms with E-state index < -0.39 is 4.84 Å². The van der Waals surface area contributed by atoms with Gasteiger partial charge in [0.25, 0.3) is 0 Å². The van der Waals surface area contributed by atoms with Crippen LogP contribution < -0.4 is 0 Å². The third-order valence-electron chi connectivity index (χ3n) is 1.41. The summed E-state index contributed by atoms with van der Waals surface area (Å²) in [5, 5.41) is -0.679. The lowest BCUT2D eigenvalue weighted by Gasteiger charge is -2.07. The Morgan fingerprint density at radius 3 is 1.93 bits per heavy atom. The molecule has 0 aromatic heterocycles. The monoisotopic (exact) mass is 370 g/mol. The maximum atomic E-state index is 5.97. The van der Waals surface area contributed by atoms with Crippen LogP contribution in [-0.2, 0) is 0 Å². The molecule has 0 aliphatic heterocycles. The van der Waals surface area contributed by atoms with Gasteiger partial charge in [-0.25, -0.2) is 0 Å². The highest BCUT2D eigenvalue weighted by Crippen LogP contribution is 2.19. The third kappa shape index (κ3) is 7.14. The van der Waals surface area contributed by atoms with Crippen molar-refractivity contribution < 1.29 is 0 Å². The number of rotatable bonds is 5. The predicted octanol–water partition coefficient (Wildman–Crippen LogP) is 5.59. The van der Waals surface area contributed by atoms with Crippen LogP contribution in [0.1, 0.15) is 0 Å². The van der Waals surface area contributed by atoms with E-state index >= 15 is 0 Å². The van der Waals surface area contributed by atoms with E-state index in [1.807, 2.05) is 0 Å². The molecule has 0 saturated carbocycles. The van der Waals surface area contributed by atoms with Crippen molar-refractivity contribution in [2.45, 2.75) is 15.6 Å². The summed E-state index contributed by atoms with van der Waals surface area (Å²) in [4.78, 5) is 0.973. The predicted molar refractivity (Wildman–Crippen MR) is 75.9 cm³/mol. The average Bonchev–Trinajstić information content (AvgIpc) is 2.18. The van der Waals surface area contributed by atoms with E-state index in [9.17, 15) is 0 Å². The van der Waals surface area contributed by atoms with Crippen molar-refractivity contribution in [2.75, 3.05) is 0 Å². The maximum absolute atomic E-state index is 5.97. The van der Waals surface area contributed by atoms with Gasteiger partial charge in [-0.05, 0) is 10.6 Å². The highest BCUT2D eigenvalue weighted by Gasteiger charge is 2.11. The smallest absolute Gasteiger partial charge is 0.116 e. The zero-order chi connectivity index (χ0) is 11.8. The number of alkyl halides is 4. The first-order chi connectivity index (χ1) is 7.02. The Kier molecular flexibility index (Phi) is 9.91. The third-order valence-corrected chi connectivity index (χ3v) is 3.44. The molecule has 0 nitrogen and oxygen atoms in total. The highest BCUT2D eigenvalue weighted by atomic mass is 79.9. The second kappa shape index (κ2) is 9.21. The molecule has 2 unspecified atom stereocenters. The summed E-state index contributed by atoms with van der Waals surface area (Å²) in [7, 11) is 0. The summed E-state index contributed by atoms with van der Waals surface area (Å²) >= 11 is 31.8. The topological polar surface area (TPSA) is 0 Å². The van der Waals surface area contributed by atoms with Gasteiger partial charge in [0.15, 0.2) is 0 Å². The van der Waals surface area contributed by atoms with Crippen LogP contribution in [0.5, 0.6) is 0 Å². The standard InChI is InChI=1S/C9H8BrCl5/c10-4-3-8(13)7(12)2-1-6(5-11)9(14)15/h1-5,7-9H/b2-1+,4-3+,6-5+. The van der Waals surface area contributed by atoms with Gasteiger partial charge in [-0.3, -0.25) is 0 Å². The van der Waals surface area contributed by atoms with E-state index in [1.165, 1.54) is 5.54 Å². The Balaban J connectivity index is 4.39. The van der Waals surface area contributed by atoms with E-state index in [2.05, 4.69) is 15.9 Å². The van der Waals surface area contributed by atoms with Gasteiger partial charge in [-0.15, -0.1) is 46.4 Å². The van der Waals surface area contributed by atoms with Crippen molar-refractivity contribution >= 4 is 73.9 Å². The largest absolute Gasteiger partial charge is 0.133 e. The Hall–Kier alpha value is 1.15. The molecule has 0 bridgehead atoms. The van der Waals surface area contributed by atoms with Crippen LogP contribution >= 0.6 is 73.9 Å². The van der Waals surface area contributed by atoms with Crippen molar-refractivity contribution in [1.82, 2.24) is 0 Å². The van der Waals surface area contributed by atoms with Crippen LogP contribution in [0.3, 0.4) is 0 Å². The van der Waals surface area contributed by atoms with Gasteiger partial charge < -0.3 is 0 Å². The van der Waals surface area contributed by atoms with Crippen molar-refractivity contribution in [2.24, 2.45) is 0 Å². The first-order valence-electron chi connectivity index (χ1n) is 3.84. The summed E-state index contributed by atoms with van der Waals surface area (Å²) in [6.07, 6.45) is 5.04. The molecule has 0 amide bonds. The van der Waals surface area contributed by atoms with Crippen molar-refractivity contribution in [3.05, 3.63) is 34.3 Å². The summed E-state index contributed by atoms with van der Waals surface area (Å²) in [6, 6.07) is 0. The Bertz CT molecular complexity index is 259. The van der Waals surface area contributed by atoms with E-state index in [4.69, 9.17) is 58.0 Å². The summed E-state index contributed by atoms with van der Waals surface area (Å²) in [5.74, 6) is 0. The summed E-state index contributed by atoms with van der Waals surface area (Å²) < 4.78 is 0. The molecule has 0 radical (unpaired) electrons. The SMILES string of the molecule is Cl/C=C(\C=C\C(Cl)C(Cl)/C=C/Br)C(Cl)Cl. The van der Waals surface area contributed by atoms with Crippen LogP contribution in [0.2, 0.25) is 0 Å². The van der Waals surface area contributed by atoms with E-state index in [-0.39, 0.29) is 10.8 Å². The minimum absolute atomic E-state index is 0.317. The quantitative estimate of drug-likeness (QED) is 0.435. The summed E-state index contributed by atoms with van der Waals surface area (Å²) in [5.41, 5.74) is 1.87. The van der Waals surface area contributed by atoms with Gasteiger partial charge >= 0.3 is 0 Å². The Morgan fingerprint density at radius 1 is 1.00 bits per heavy atom. The molecular formula is C9H8BrCl5. The molecule has 0 fully saturated rings. The molecule has 0 spiro atoms. The Labute approximate surface area is 123 Å². The molecule has 15 heavy (non-hydrogen) atoms. The van der Waals surface area contributed by atoms with Crippen molar-refractivity contribution in [3.63, 3.8) is 0 Å². The molecule has 0 N–H and O–H groups in total.